The van der Waals surface area contributed by atoms with Crippen LogP contribution in [0.15, 0.2) is 32.3 Å². The van der Waals surface area contributed by atoms with Crippen molar-refractivity contribution in [1.82, 2.24) is 0 Å². The molecule has 0 amide bonds. The third-order valence-electron chi connectivity index (χ3n) is 1.98. The summed E-state index contributed by atoms with van der Waals surface area (Å²) >= 11 is 5.40. The number of benzene rings is 1. The second-order valence-corrected chi connectivity index (χ2v) is 5.25. The van der Waals surface area contributed by atoms with E-state index in [0.29, 0.717) is 0 Å². The standard InChI is InChI=1S/C10H9BrINO3/c1-7(10(12)6-16-13(14)15)8-2-4-9(11)5-3-8/h2-5H,6H2,1H3/b10-7+. The summed E-state index contributed by atoms with van der Waals surface area (Å²) in [6.07, 6.45) is 0. The molecule has 6 heteroatoms. The summed E-state index contributed by atoms with van der Waals surface area (Å²) in [5.41, 5.74) is 2.01. The van der Waals surface area contributed by atoms with Crippen LogP contribution >= 0.6 is 38.5 Å². The molecule has 0 saturated carbocycles. The van der Waals surface area contributed by atoms with Crippen molar-refractivity contribution in [2.24, 2.45) is 0 Å². The minimum atomic E-state index is -0.784. The Kier molecular flexibility index (Phi) is 5.20. The molecule has 1 aromatic carbocycles. The zero-order chi connectivity index (χ0) is 12.1. The Morgan fingerprint density at radius 3 is 2.56 bits per heavy atom. The Morgan fingerprint density at radius 1 is 1.50 bits per heavy atom. The van der Waals surface area contributed by atoms with Gasteiger partial charge in [0.15, 0.2) is 0 Å². The highest BCUT2D eigenvalue weighted by Crippen LogP contribution is 2.24. The molecule has 0 spiro atoms. The van der Waals surface area contributed by atoms with Gasteiger partial charge in [0.1, 0.15) is 6.61 Å². The number of rotatable bonds is 4. The Bertz CT molecular complexity index is 417. The fourth-order valence-electron chi connectivity index (χ4n) is 1.07. The molecular formula is C10H9BrINO3. The van der Waals surface area contributed by atoms with Crippen LogP contribution in [0.4, 0.5) is 0 Å². The van der Waals surface area contributed by atoms with Crippen LogP contribution in [0.1, 0.15) is 12.5 Å². The van der Waals surface area contributed by atoms with E-state index in [4.69, 9.17) is 0 Å². The van der Waals surface area contributed by atoms with Gasteiger partial charge in [0, 0.05) is 8.05 Å². The monoisotopic (exact) mass is 397 g/mol. The van der Waals surface area contributed by atoms with Crippen LogP contribution in [-0.4, -0.2) is 11.7 Å². The zero-order valence-corrected chi connectivity index (χ0v) is 12.2. The van der Waals surface area contributed by atoms with Crippen LogP contribution in [0.25, 0.3) is 5.57 Å². The second kappa shape index (κ2) is 6.19. The maximum Gasteiger partial charge on any atom is 0.294 e. The molecule has 0 heterocycles. The van der Waals surface area contributed by atoms with Crippen molar-refractivity contribution in [2.45, 2.75) is 6.92 Å². The van der Waals surface area contributed by atoms with Crippen molar-refractivity contribution in [2.75, 3.05) is 6.61 Å². The van der Waals surface area contributed by atoms with Gasteiger partial charge < -0.3 is 4.84 Å². The highest BCUT2D eigenvalue weighted by molar-refractivity contribution is 14.1. The lowest BCUT2D eigenvalue weighted by molar-refractivity contribution is -0.755. The maximum atomic E-state index is 10.1. The number of nitrogens with zero attached hydrogens (tertiary/aromatic N) is 1. The van der Waals surface area contributed by atoms with Crippen molar-refractivity contribution < 1.29 is 9.92 Å². The van der Waals surface area contributed by atoms with Crippen LogP contribution in [0.3, 0.4) is 0 Å². The molecule has 0 atom stereocenters. The second-order valence-electron chi connectivity index (χ2n) is 3.03. The van der Waals surface area contributed by atoms with E-state index in [1.165, 1.54) is 0 Å². The number of allylic oxidation sites excluding steroid dienone is 1. The molecule has 0 N–H and O–H groups in total. The first kappa shape index (κ1) is 13.4. The van der Waals surface area contributed by atoms with Crippen molar-refractivity contribution in [3.63, 3.8) is 0 Å². The van der Waals surface area contributed by atoms with Crippen molar-refractivity contribution >= 4 is 44.1 Å². The Hall–Kier alpha value is -0.630. The van der Waals surface area contributed by atoms with Gasteiger partial charge in [-0.15, -0.1) is 10.1 Å². The summed E-state index contributed by atoms with van der Waals surface area (Å²) in [5.74, 6) is 0. The summed E-state index contributed by atoms with van der Waals surface area (Å²) in [5, 5.41) is 9.27. The molecule has 16 heavy (non-hydrogen) atoms. The maximum absolute atomic E-state index is 10.1. The molecule has 4 nitrogen and oxygen atoms in total. The molecule has 0 radical (unpaired) electrons. The first-order chi connectivity index (χ1) is 7.50. The SMILES string of the molecule is C/C(=C(\I)CO[N+](=O)[O-])c1ccc(Br)cc1. The smallest absolute Gasteiger partial charge is 0.294 e. The molecule has 1 aromatic rings. The average Bonchev–Trinajstić information content (AvgIpc) is 2.26. The van der Waals surface area contributed by atoms with Crippen LogP contribution in [-0.2, 0) is 4.84 Å². The number of hydrogen-bond donors (Lipinski definition) is 0. The summed E-state index contributed by atoms with van der Waals surface area (Å²) < 4.78 is 1.82. The van der Waals surface area contributed by atoms with Crippen LogP contribution < -0.4 is 0 Å². The van der Waals surface area contributed by atoms with E-state index in [9.17, 15) is 10.1 Å². The number of halogens is 2. The van der Waals surface area contributed by atoms with Crippen molar-refractivity contribution in [3.8, 4) is 0 Å². The quantitative estimate of drug-likeness (QED) is 0.440. The van der Waals surface area contributed by atoms with Crippen molar-refractivity contribution in [3.05, 3.63) is 48.0 Å². The van der Waals surface area contributed by atoms with Crippen LogP contribution in [0.2, 0.25) is 0 Å². The molecular weight excluding hydrogens is 389 g/mol. The predicted octanol–water partition coefficient (Wildman–Crippen LogP) is 3.82. The van der Waals surface area contributed by atoms with Gasteiger partial charge in [-0.1, -0.05) is 28.1 Å². The van der Waals surface area contributed by atoms with Gasteiger partial charge in [-0.3, -0.25) is 0 Å². The van der Waals surface area contributed by atoms with E-state index in [1.807, 2.05) is 31.2 Å². The highest BCUT2D eigenvalue weighted by Gasteiger charge is 2.04. The lowest BCUT2D eigenvalue weighted by Gasteiger charge is -2.06. The van der Waals surface area contributed by atoms with E-state index >= 15 is 0 Å². The molecule has 0 bridgehead atoms. The molecule has 0 saturated heterocycles. The molecule has 0 aliphatic heterocycles. The zero-order valence-electron chi connectivity index (χ0n) is 8.44. The Morgan fingerprint density at radius 2 is 2.06 bits per heavy atom. The fourth-order valence-corrected chi connectivity index (χ4v) is 1.79. The number of hydrogen-bond acceptors (Lipinski definition) is 3. The van der Waals surface area contributed by atoms with E-state index in [-0.39, 0.29) is 6.61 Å². The lowest BCUT2D eigenvalue weighted by Crippen LogP contribution is -2.02. The largest absolute Gasteiger partial charge is 0.309 e. The normalized spacial score (nSPS) is 11.9. The molecule has 0 aliphatic rings. The highest BCUT2D eigenvalue weighted by atomic mass is 127. The van der Waals surface area contributed by atoms with Gasteiger partial charge in [-0.2, -0.15) is 0 Å². The van der Waals surface area contributed by atoms with Gasteiger partial charge in [0.2, 0.25) is 0 Å². The van der Waals surface area contributed by atoms with E-state index in [2.05, 4.69) is 43.4 Å². The predicted molar refractivity (Wildman–Crippen MR) is 73.7 cm³/mol. The lowest BCUT2D eigenvalue weighted by atomic mass is 10.1. The molecule has 0 unspecified atom stereocenters. The summed E-state index contributed by atoms with van der Waals surface area (Å²) in [6.45, 7) is 1.91. The van der Waals surface area contributed by atoms with Crippen LogP contribution in [0.5, 0.6) is 0 Å². The molecule has 0 aromatic heterocycles. The third kappa shape index (κ3) is 4.09. The van der Waals surface area contributed by atoms with Gasteiger partial charge >= 0.3 is 0 Å². The van der Waals surface area contributed by atoms with Crippen molar-refractivity contribution in [1.29, 1.82) is 0 Å². The Labute approximate surface area is 115 Å². The molecule has 0 fully saturated rings. The third-order valence-corrected chi connectivity index (χ3v) is 3.63. The fraction of sp³-hybridized carbons (Fsp3) is 0.200. The minimum Gasteiger partial charge on any atom is -0.309 e. The summed E-state index contributed by atoms with van der Waals surface area (Å²) in [7, 11) is 0. The van der Waals surface area contributed by atoms with E-state index < -0.39 is 5.09 Å². The van der Waals surface area contributed by atoms with E-state index in [1.54, 1.807) is 0 Å². The van der Waals surface area contributed by atoms with E-state index in [0.717, 1.165) is 19.2 Å². The summed E-state index contributed by atoms with van der Waals surface area (Å²) in [4.78, 5) is 14.4. The molecule has 86 valence electrons. The average molecular weight is 398 g/mol. The topological polar surface area (TPSA) is 52.4 Å². The van der Waals surface area contributed by atoms with Gasteiger partial charge in [0.25, 0.3) is 5.09 Å². The van der Waals surface area contributed by atoms with Gasteiger partial charge in [-0.25, -0.2) is 0 Å². The molecule has 1 rings (SSSR count). The van der Waals surface area contributed by atoms with Crippen LogP contribution in [0, 0.1) is 10.1 Å². The summed E-state index contributed by atoms with van der Waals surface area (Å²) in [6, 6.07) is 7.75. The first-order valence-electron chi connectivity index (χ1n) is 4.39. The van der Waals surface area contributed by atoms with Gasteiger partial charge in [0.05, 0.1) is 0 Å². The first-order valence-corrected chi connectivity index (χ1v) is 6.26. The van der Waals surface area contributed by atoms with Gasteiger partial charge in [-0.05, 0) is 52.8 Å². The molecule has 0 aliphatic carbocycles. The Balaban J connectivity index is 2.82. The minimum absolute atomic E-state index is 0.00451.